The van der Waals surface area contributed by atoms with Gasteiger partial charge in [0.05, 0.1) is 21.4 Å². The molecule has 2 nitrogen and oxygen atoms in total. The number of halogens is 5. The number of nitrogens with two attached hydrogens (primary N) is 1. The summed E-state index contributed by atoms with van der Waals surface area (Å²) in [6, 6.07) is 5.82. The average Bonchev–Trinajstić information content (AvgIpc) is 2.44. The minimum atomic E-state index is -1.12. The quantitative estimate of drug-likeness (QED) is 0.523. The van der Waals surface area contributed by atoms with Gasteiger partial charge in [-0.1, -0.05) is 35.4 Å². The second-order valence-corrected chi connectivity index (χ2v) is 6.05. The summed E-state index contributed by atoms with van der Waals surface area (Å²) in [4.78, 5) is -0.220. The van der Waals surface area contributed by atoms with Gasteiger partial charge >= 0.3 is 0 Å². The second kappa shape index (κ2) is 6.44. The molecule has 2 aromatic carbocycles. The Morgan fingerprint density at radius 3 is 2.29 bits per heavy atom. The van der Waals surface area contributed by atoms with Crippen LogP contribution < -0.4 is 11.1 Å². The molecule has 0 unspecified atom stereocenters. The van der Waals surface area contributed by atoms with Crippen LogP contribution in [0.2, 0.25) is 10.0 Å². The summed E-state index contributed by atoms with van der Waals surface area (Å²) in [5, 5.41) is 3.13. The van der Waals surface area contributed by atoms with E-state index in [0.717, 1.165) is 0 Å². The van der Waals surface area contributed by atoms with Crippen LogP contribution in [0.3, 0.4) is 0 Å². The minimum Gasteiger partial charge on any atom is -0.389 e. The second-order valence-electron chi connectivity index (χ2n) is 4.00. The van der Waals surface area contributed by atoms with Crippen LogP contribution in [0.15, 0.2) is 28.7 Å². The standard InChI is InChI=1S/C13H7BrCl2F2N2S/c14-6-2-4-7(10(16)9(6)15)20-8-3-1-5(13(19)21)11(17)12(8)18/h1-4,20H,(H2,19,21). The Bertz CT molecular complexity index is 741. The summed E-state index contributed by atoms with van der Waals surface area (Å²) in [7, 11) is 0. The van der Waals surface area contributed by atoms with Crippen molar-refractivity contribution in [1.82, 2.24) is 0 Å². The molecule has 110 valence electrons. The lowest BCUT2D eigenvalue weighted by Gasteiger charge is -2.12. The lowest BCUT2D eigenvalue weighted by molar-refractivity contribution is 0.510. The Kier molecular flexibility index (Phi) is 5.03. The summed E-state index contributed by atoms with van der Waals surface area (Å²) in [5.74, 6) is -2.22. The van der Waals surface area contributed by atoms with Crippen LogP contribution in [0.25, 0.3) is 0 Å². The Balaban J connectivity index is 2.44. The fraction of sp³-hybridized carbons (Fsp3) is 0. The van der Waals surface area contributed by atoms with Crippen molar-refractivity contribution in [2.75, 3.05) is 5.32 Å². The Hall–Kier alpha value is -0.950. The molecule has 0 fully saturated rings. The normalized spacial score (nSPS) is 10.5. The maximum Gasteiger partial charge on any atom is 0.182 e. The summed E-state index contributed by atoms with van der Waals surface area (Å²) in [6.07, 6.45) is 0. The lowest BCUT2D eigenvalue weighted by Crippen LogP contribution is -2.13. The molecule has 0 bridgehead atoms. The third-order valence-corrected chi connectivity index (χ3v) is 4.64. The first-order valence-electron chi connectivity index (χ1n) is 5.51. The van der Waals surface area contributed by atoms with E-state index in [9.17, 15) is 8.78 Å². The highest BCUT2D eigenvalue weighted by atomic mass is 79.9. The molecule has 0 aliphatic heterocycles. The molecule has 0 spiro atoms. The van der Waals surface area contributed by atoms with Crippen LogP contribution in [0, 0.1) is 11.6 Å². The fourth-order valence-electron chi connectivity index (χ4n) is 1.60. The van der Waals surface area contributed by atoms with Gasteiger partial charge in [0.25, 0.3) is 0 Å². The minimum absolute atomic E-state index is 0.104. The molecule has 0 amide bonds. The van der Waals surface area contributed by atoms with E-state index in [1.54, 1.807) is 12.1 Å². The third-order valence-electron chi connectivity index (χ3n) is 2.65. The van der Waals surface area contributed by atoms with E-state index >= 15 is 0 Å². The van der Waals surface area contributed by atoms with Crippen LogP contribution in [-0.4, -0.2) is 4.99 Å². The number of nitrogens with one attached hydrogen (secondary N) is 1. The molecule has 8 heteroatoms. The Labute approximate surface area is 143 Å². The first-order valence-corrected chi connectivity index (χ1v) is 7.47. The third kappa shape index (κ3) is 3.29. The molecule has 21 heavy (non-hydrogen) atoms. The number of rotatable bonds is 3. The van der Waals surface area contributed by atoms with E-state index < -0.39 is 11.6 Å². The van der Waals surface area contributed by atoms with Gasteiger partial charge in [-0.2, -0.15) is 0 Å². The maximum absolute atomic E-state index is 14.0. The van der Waals surface area contributed by atoms with E-state index in [1.165, 1.54) is 12.1 Å². The fourth-order valence-corrected chi connectivity index (χ4v) is 2.58. The zero-order chi connectivity index (χ0) is 15.7. The van der Waals surface area contributed by atoms with Gasteiger partial charge in [-0.25, -0.2) is 8.78 Å². The predicted octanol–water partition coefficient (Wildman–Crippen LogP) is 5.41. The zero-order valence-corrected chi connectivity index (χ0v) is 14.1. The molecule has 0 heterocycles. The van der Waals surface area contributed by atoms with Crippen molar-refractivity contribution < 1.29 is 8.78 Å². The molecule has 0 radical (unpaired) electrons. The summed E-state index contributed by atoms with van der Waals surface area (Å²) in [6.45, 7) is 0. The molecule has 0 aromatic heterocycles. The van der Waals surface area contributed by atoms with Gasteiger partial charge in [0, 0.05) is 10.0 Å². The number of hydrogen-bond acceptors (Lipinski definition) is 2. The highest BCUT2D eigenvalue weighted by molar-refractivity contribution is 9.10. The summed E-state index contributed by atoms with van der Waals surface area (Å²) in [5.41, 5.74) is 5.38. The van der Waals surface area contributed by atoms with Crippen LogP contribution >= 0.6 is 51.3 Å². The van der Waals surface area contributed by atoms with E-state index in [0.29, 0.717) is 10.2 Å². The molecule has 3 N–H and O–H groups in total. The van der Waals surface area contributed by atoms with Crippen LogP contribution in [0.1, 0.15) is 5.56 Å². The molecule has 2 rings (SSSR count). The first kappa shape index (κ1) is 16.4. The smallest absolute Gasteiger partial charge is 0.182 e. The summed E-state index contributed by atoms with van der Waals surface area (Å²) >= 11 is 19.9. The van der Waals surface area contributed by atoms with Crippen molar-refractivity contribution in [3.63, 3.8) is 0 Å². The SMILES string of the molecule is NC(=S)c1ccc(Nc2ccc(Br)c(Cl)c2Cl)c(F)c1F. The van der Waals surface area contributed by atoms with Gasteiger partial charge < -0.3 is 11.1 Å². The van der Waals surface area contributed by atoms with E-state index in [-0.39, 0.29) is 26.3 Å². The van der Waals surface area contributed by atoms with E-state index in [1.807, 2.05) is 0 Å². The van der Waals surface area contributed by atoms with Crippen LogP contribution in [0.5, 0.6) is 0 Å². The van der Waals surface area contributed by atoms with Crippen molar-refractivity contribution in [1.29, 1.82) is 0 Å². The van der Waals surface area contributed by atoms with Gasteiger partial charge in [0.1, 0.15) is 4.99 Å². The number of benzene rings is 2. The van der Waals surface area contributed by atoms with Gasteiger partial charge in [-0.05, 0) is 40.2 Å². The topological polar surface area (TPSA) is 38.0 Å². The molecule has 0 saturated carbocycles. The van der Waals surface area contributed by atoms with E-state index in [4.69, 9.17) is 28.9 Å². The number of thiocarbonyl (C=S) groups is 1. The number of anilines is 2. The van der Waals surface area contributed by atoms with Crippen molar-refractivity contribution in [3.05, 3.63) is 56.0 Å². The van der Waals surface area contributed by atoms with Crippen molar-refractivity contribution in [2.24, 2.45) is 5.73 Å². The Morgan fingerprint density at radius 1 is 1.05 bits per heavy atom. The predicted molar refractivity (Wildman–Crippen MR) is 89.7 cm³/mol. The highest BCUT2D eigenvalue weighted by Crippen LogP contribution is 2.37. The molecule has 0 saturated heterocycles. The molecule has 0 aliphatic carbocycles. The molecule has 2 aromatic rings. The molecule has 0 aliphatic rings. The van der Waals surface area contributed by atoms with Crippen molar-refractivity contribution >= 4 is 67.7 Å². The number of hydrogen-bond donors (Lipinski definition) is 2. The van der Waals surface area contributed by atoms with Crippen LogP contribution in [-0.2, 0) is 0 Å². The van der Waals surface area contributed by atoms with Gasteiger partial charge in [0.2, 0.25) is 0 Å². The van der Waals surface area contributed by atoms with Gasteiger partial charge in [-0.3, -0.25) is 0 Å². The van der Waals surface area contributed by atoms with Crippen LogP contribution in [0.4, 0.5) is 20.2 Å². The van der Waals surface area contributed by atoms with Gasteiger partial charge in [-0.15, -0.1) is 0 Å². The van der Waals surface area contributed by atoms with Crippen molar-refractivity contribution in [3.8, 4) is 0 Å². The molecular weight excluding hydrogens is 405 g/mol. The van der Waals surface area contributed by atoms with Gasteiger partial charge in [0.15, 0.2) is 11.6 Å². The maximum atomic E-state index is 14.0. The van der Waals surface area contributed by atoms with E-state index in [2.05, 4.69) is 33.5 Å². The lowest BCUT2D eigenvalue weighted by atomic mass is 10.1. The first-order chi connectivity index (χ1) is 9.82. The molecular formula is C13H7BrCl2F2N2S. The monoisotopic (exact) mass is 410 g/mol. The zero-order valence-electron chi connectivity index (χ0n) is 10.2. The molecule has 0 atom stereocenters. The average molecular weight is 412 g/mol. The van der Waals surface area contributed by atoms with Crippen molar-refractivity contribution in [2.45, 2.75) is 0 Å². The summed E-state index contributed by atoms with van der Waals surface area (Å²) < 4.78 is 28.4. The highest BCUT2D eigenvalue weighted by Gasteiger charge is 2.16. The Morgan fingerprint density at radius 2 is 1.67 bits per heavy atom. The largest absolute Gasteiger partial charge is 0.389 e.